The summed E-state index contributed by atoms with van der Waals surface area (Å²) < 4.78 is 0. The monoisotopic (exact) mass is 209 g/mol. The molecule has 14 heavy (non-hydrogen) atoms. The van der Waals surface area contributed by atoms with E-state index in [1.807, 2.05) is 6.92 Å². The van der Waals surface area contributed by atoms with E-state index < -0.39 is 0 Å². The highest BCUT2D eigenvalue weighted by Gasteiger charge is 2.07. The van der Waals surface area contributed by atoms with Gasteiger partial charge in [0.1, 0.15) is 0 Å². The second-order valence-corrected chi connectivity index (χ2v) is 3.39. The maximum absolute atomic E-state index is 11.5. The zero-order chi connectivity index (χ0) is 10.6. The summed E-state index contributed by atoms with van der Waals surface area (Å²) in [4.78, 5) is 11.5. The molecule has 2 nitrogen and oxygen atoms in total. The van der Waals surface area contributed by atoms with Gasteiger partial charge < -0.3 is 5.32 Å². The summed E-state index contributed by atoms with van der Waals surface area (Å²) in [5, 5.41) is 3.35. The van der Waals surface area contributed by atoms with E-state index in [1.165, 1.54) is 0 Å². The molecular weight excluding hydrogens is 198 g/mol. The predicted octanol–water partition coefficient (Wildman–Crippen LogP) is 2.56. The average molecular weight is 210 g/mol. The first-order chi connectivity index (χ1) is 6.65. The highest BCUT2D eigenvalue weighted by atomic mass is 35.5. The van der Waals surface area contributed by atoms with E-state index >= 15 is 0 Å². The van der Waals surface area contributed by atoms with Gasteiger partial charge in [-0.3, -0.25) is 4.79 Å². The quantitative estimate of drug-likeness (QED) is 0.762. The molecule has 0 aromatic heterocycles. The molecule has 0 atom stereocenters. The van der Waals surface area contributed by atoms with Crippen LogP contribution in [0.2, 0.25) is 5.02 Å². The van der Waals surface area contributed by atoms with Crippen molar-refractivity contribution >= 4 is 17.5 Å². The number of hydrogen-bond acceptors (Lipinski definition) is 1. The second-order valence-electron chi connectivity index (χ2n) is 2.96. The van der Waals surface area contributed by atoms with Crippen LogP contribution in [0.4, 0.5) is 0 Å². The Bertz CT molecular complexity index is 360. The fourth-order valence-corrected chi connectivity index (χ4v) is 1.37. The fraction of sp³-hybridized carbons (Fsp3) is 0.182. The molecule has 1 aromatic carbocycles. The lowest BCUT2D eigenvalue weighted by atomic mass is 10.1. The fourth-order valence-electron chi connectivity index (χ4n) is 1.14. The van der Waals surface area contributed by atoms with Crippen LogP contribution in [0.1, 0.15) is 15.9 Å². The number of aryl methyl sites for hydroxylation is 1. The van der Waals surface area contributed by atoms with Gasteiger partial charge in [-0.15, -0.1) is 6.58 Å². The molecule has 0 saturated carbocycles. The first kappa shape index (κ1) is 10.8. The second kappa shape index (κ2) is 4.82. The van der Waals surface area contributed by atoms with Crippen LogP contribution >= 0.6 is 11.6 Å². The largest absolute Gasteiger partial charge is 0.349 e. The van der Waals surface area contributed by atoms with Crippen LogP contribution in [0.5, 0.6) is 0 Å². The Morgan fingerprint density at radius 3 is 2.93 bits per heavy atom. The lowest BCUT2D eigenvalue weighted by molar-refractivity contribution is 0.0957. The molecule has 1 aromatic rings. The predicted molar refractivity (Wildman–Crippen MR) is 58.7 cm³/mol. The Hall–Kier alpha value is -1.28. The van der Waals surface area contributed by atoms with Crippen LogP contribution < -0.4 is 5.32 Å². The van der Waals surface area contributed by atoms with Gasteiger partial charge in [-0.05, 0) is 30.7 Å². The molecule has 0 bridgehead atoms. The first-order valence-corrected chi connectivity index (χ1v) is 4.68. The number of carbonyl (C=O) groups excluding carboxylic acids is 1. The summed E-state index contributed by atoms with van der Waals surface area (Å²) in [5.74, 6) is -0.0981. The summed E-state index contributed by atoms with van der Waals surface area (Å²) in [5.41, 5.74) is 1.52. The minimum Gasteiger partial charge on any atom is -0.349 e. The zero-order valence-corrected chi connectivity index (χ0v) is 8.77. The van der Waals surface area contributed by atoms with Crippen molar-refractivity contribution in [2.24, 2.45) is 0 Å². The van der Waals surface area contributed by atoms with Crippen LogP contribution in [0, 0.1) is 6.92 Å². The Morgan fingerprint density at radius 2 is 2.36 bits per heavy atom. The Balaban J connectivity index is 2.84. The van der Waals surface area contributed by atoms with Crippen molar-refractivity contribution in [2.75, 3.05) is 6.54 Å². The summed E-state index contributed by atoms with van der Waals surface area (Å²) in [7, 11) is 0. The van der Waals surface area contributed by atoms with Gasteiger partial charge in [0, 0.05) is 17.1 Å². The van der Waals surface area contributed by atoms with Crippen molar-refractivity contribution in [1.82, 2.24) is 5.32 Å². The minimum atomic E-state index is -0.0981. The van der Waals surface area contributed by atoms with Gasteiger partial charge in [-0.1, -0.05) is 17.7 Å². The molecule has 0 aliphatic rings. The topological polar surface area (TPSA) is 29.1 Å². The van der Waals surface area contributed by atoms with E-state index in [0.29, 0.717) is 17.1 Å². The van der Waals surface area contributed by atoms with Crippen LogP contribution in [-0.4, -0.2) is 12.5 Å². The normalized spacial score (nSPS) is 9.57. The Morgan fingerprint density at radius 1 is 1.64 bits per heavy atom. The molecule has 74 valence electrons. The molecule has 1 N–H and O–H groups in total. The first-order valence-electron chi connectivity index (χ1n) is 4.30. The molecule has 0 radical (unpaired) electrons. The van der Waals surface area contributed by atoms with Crippen LogP contribution in [0.25, 0.3) is 0 Å². The number of carbonyl (C=O) groups is 1. The van der Waals surface area contributed by atoms with E-state index in [1.54, 1.807) is 24.3 Å². The van der Waals surface area contributed by atoms with Crippen molar-refractivity contribution in [1.29, 1.82) is 0 Å². The molecule has 0 fully saturated rings. The maximum atomic E-state index is 11.5. The standard InChI is InChI=1S/C11H12ClNO/c1-3-6-13-11(14)10-5-4-9(12)7-8(10)2/h3-5,7H,1,6H2,2H3,(H,13,14). The highest BCUT2D eigenvalue weighted by molar-refractivity contribution is 6.30. The van der Waals surface area contributed by atoms with Crippen molar-refractivity contribution in [3.63, 3.8) is 0 Å². The van der Waals surface area contributed by atoms with Crippen LogP contribution in [0.3, 0.4) is 0 Å². The lowest BCUT2D eigenvalue weighted by Crippen LogP contribution is -2.23. The molecular formula is C11H12ClNO. The number of amides is 1. The van der Waals surface area contributed by atoms with Crippen molar-refractivity contribution in [3.8, 4) is 0 Å². The molecule has 0 spiro atoms. The summed E-state index contributed by atoms with van der Waals surface area (Å²) in [6.07, 6.45) is 1.64. The van der Waals surface area contributed by atoms with E-state index in [-0.39, 0.29) is 5.91 Å². The third kappa shape index (κ3) is 2.60. The number of nitrogens with one attached hydrogen (secondary N) is 1. The SMILES string of the molecule is C=CCNC(=O)c1ccc(Cl)cc1C. The van der Waals surface area contributed by atoms with Crippen LogP contribution in [-0.2, 0) is 0 Å². The molecule has 0 aliphatic heterocycles. The number of hydrogen-bond donors (Lipinski definition) is 1. The van der Waals surface area contributed by atoms with E-state index in [2.05, 4.69) is 11.9 Å². The van der Waals surface area contributed by atoms with E-state index in [9.17, 15) is 4.79 Å². The lowest BCUT2D eigenvalue weighted by Gasteiger charge is -2.05. The molecule has 3 heteroatoms. The number of halogens is 1. The number of rotatable bonds is 3. The van der Waals surface area contributed by atoms with Crippen molar-refractivity contribution in [3.05, 3.63) is 47.0 Å². The summed E-state index contributed by atoms with van der Waals surface area (Å²) >= 11 is 5.78. The van der Waals surface area contributed by atoms with Gasteiger partial charge in [0.25, 0.3) is 5.91 Å². The van der Waals surface area contributed by atoms with Gasteiger partial charge in [0.05, 0.1) is 0 Å². The average Bonchev–Trinajstić information content (AvgIpc) is 2.14. The van der Waals surface area contributed by atoms with Gasteiger partial charge in [-0.2, -0.15) is 0 Å². The third-order valence-electron chi connectivity index (χ3n) is 1.84. The van der Waals surface area contributed by atoms with Crippen molar-refractivity contribution < 1.29 is 4.79 Å². The molecule has 0 saturated heterocycles. The van der Waals surface area contributed by atoms with Gasteiger partial charge in [0.15, 0.2) is 0 Å². The Labute approximate surface area is 88.6 Å². The van der Waals surface area contributed by atoms with Gasteiger partial charge >= 0.3 is 0 Å². The highest BCUT2D eigenvalue weighted by Crippen LogP contribution is 2.14. The molecule has 1 amide bonds. The van der Waals surface area contributed by atoms with Gasteiger partial charge in [-0.25, -0.2) is 0 Å². The maximum Gasteiger partial charge on any atom is 0.251 e. The van der Waals surface area contributed by atoms with Crippen LogP contribution in [0.15, 0.2) is 30.9 Å². The zero-order valence-electron chi connectivity index (χ0n) is 8.01. The molecule has 0 heterocycles. The summed E-state index contributed by atoms with van der Waals surface area (Å²) in [6, 6.07) is 5.19. The van der Waals surface area contributed by atoms with E-state index in [4.69, 9.17) is 11.6 Å². The third-order valence-corrected chi connectivity index (χ3v) is 2.08. The van der Waals surface area contributed by atoms with E-state index in [0.717, 1.165) is 5.56 Å². The molecule has 0 unspecified atom stereocenters. The molecule has 1 rings (SSSR count). The van der Waals surface area contributed by atoms with Gasteiger partial charge in [0.2, 0.25) is 0 Å². The minimum absolute atomic E-state index is 0.0981. The Kier molecular flexibility index (Phi) is 3.72. The molecule has 0 aliphatic carbocycles. The number of benzene rings is 1. The summed E-state index contributed by atoms with van der Waals surface area (Å²) in [6.45, 7) is 5.86. The smallest absolute Gasteiger partial charge is 0.251 e. The van der Waals surface area contributed by atoms with Crippen molar-refractivity contribution in [2.45, 2.75) is 6.92 Å².